The molecule has 1 aliphatic carbocycles. The third-order valence-electron chi connectivity index (χ3n) is 6.38. The molecule has 2 fully saturated rings. The number of carbonyl (C=O) groups is 2. The molecule has 1 heterocycles. The molecule has 3 atom stereocenters. The number of nitrogens with one attached hydrogen (secondary N) is 1. The standard InChI is InChI=1S/C25H28ClNO4/c1-3-30-12-13-31-20-10-11-25(15-20)23(28)22(24(29)27-25)21-14-18(5-4-16(21)2)17-6-8-19(26)9-7-17/h4-9,14,20,22H,3,10-13,15H2,1-2H3,(H,27,29)/t20-,22?,25?/m1/s1. The molecule has 164 valence electrons. The van der Waals surface area contributed by atoms with Crippen LogP contribution in [0.3, 0.4) is 0 Å². The molecule has 1 saturated carbocycles. The third kappa shape index (κ3) is 4.40. The first-order valence-corrected chi connectivity index (χ1v) is 11.2. The first-order valence-electron chi connectivity index (χ1n) is 10.9. The molecular weight excluding hydrogens is 414 g/mol. The smallest absolute Gasteiger partial charge is 0.235 e. The molecule has 5 nitrogen and oxygen atoms in total. The zero-order valence-electron chi connectivity index (χ0n) is 17.9. The zero-order valence-corrected chi connectivity index (χ0v) is 18.7. The van der Waals surface area contributed by atoms with Gasteiger partial charge in [-0.05, 0) is 67.1 Å². The molecular formula is C25H28ClNO4. The molecule has 1 aliphatic heterocycles. The van der Waals surface area contributed by atoms with Crippen LogP contribution >= 0.6 is 11.6 Å². The fourth-order valence-electron chi connectivity index (χ4n) is 4.72. The fraction of sp³-hybridized carbons (Fsp3) is 0.440. The Bertz CT molecular complexity index is 974. The first kappa shape index (κ1) is 22.0. The minimum Gasteiger partial charge on any atom is -0.379 e. The molecule has 6 heteroatoms. The van der Waals surface area contributed by atoms with Crippen molar-refractivity contribution in [1.29, 1.82) is 0 Å². The van der Waals surface area contributed by atoms with E-state index in [2.05, 4.69) is 5.32 Å². The second-order valence-electron chi connectivity index (χ2n) is 8.38. The molecule has 2 aliphatic rings. The second kappa shape index (κ2) is 9.11. The summed E-state index contributed by atoms with van der Waals surface area (Å²) in [6.07, 6.45) is 1.86. The molecule has 2 aromatic rings. The van der Waals surface area contributed by atoms with Crippen molar-refractivity contribution >= 4 is 23.3 Å². The number of Topliss-reactive ketones (excluding diaryl/α,β-unsaturated/α-hetero) is 1. The predicted octanol–water partition coefficient (Wildman–Crippen LogP) is 4.44. The van der Waals surface area contributed by atoms with E-state index < -0.39 is 11.5 Å². The predicted molar refractivity (Wildman–Crippen MR) is 120 cm³/mol. The molecule has 31 heavy (non-hydrogen) atoms. The average Bonchev–Trinajstić information content (AvgIpc) is 3.27. The van der Waals surface area contributed by atoms with Crippen LogP contribution in [0.1, 0.15) is 43.2 Å². The summed E-state index contributed by atoms with van der Waals surface area (Å²) in [5.74, 6) is -1.03. The average molecular weight is 442 g/mol. The minimum atomic E-state index is -0.819. The molecule has 1 N–H and O–H groups in total. The van der Waals surface area contributed by atoms with Crippen LogP contribution in [0.15, 0.2) is 42.5 Å². The van der Waals surface area contributed by atoms with Crippen LogP contribution in [0.5, 0.6) is 0 Å². The summed E-state index contributed by atoms with van der Waals surface area (Å²) in [5, 5.41) is 3.71. The van der Waals surface area contributed by atoms with Crippen molar-refractivity contribution in [3.8, 4) is 11.1 Å². The summed E-state index contributed by atoms with van der Waals surface area (Å²) < 4.78 is 11.2. The van der Waals surface area contributed by atoms with Crippen LogP contribution in [0.25, 0.3) is 11.1 Å². The Morgan fingerprint density at radius 2 is 1.84 bits per heavy atom. The van der Waals surface area contributed by atoms with Crippen molar-refractivity contribution in [1.82, 2.24) is 5.32 Å². The van der Waals surface area contributed by atoms with Crippen molar-refractivity contribution in [2.24, 2.45) is 0 Å². The number of hydrogen-bond donors (Lipinski definition) is 1. The summed E-state index contributed by atoms with van der Waals surface area (Å²) in [6, 6.07) is 13.5. The summed E-state index contributed by atoms with van der Waals surface area (Å²) in [6.45, 7) is 5.59. The Kier molecular flexibility index (Phi) is 6.47. The number of ether oxygens (including phenoxy) is 2. The number of aryl methyl sites for hydroxylation is 1. The van der Waals surface area contributed by atoms with E-state index in [-0.39, 0.29) is 17.8 Å². The van der Waals surface area contributed by atoms with Crippen molar-refractivity contribution in [2.45, 2.75) is 50.7 Å². The number of amides is 1. The minimum absolute atomic E-state index is 0.0371. The highest BCUT2D eigenvalue weighted by Gasteiger charge is 2.56. The van der Waals surface area contributed by atoms with Crippen LogP contribution in [-0.2, 0) is 19.1 Å². The molecule has 1 amide bonds. The van der Waals surface area contributed by atoms with Gasteiger partial charge in [-0.1, -0.05) is 35.9 Å². The highest BCUT2D eigenvalue weighted by Crippen LogP contribution is 2.42. The number of hydrogen-bond acceptors (Lipinski definition) is 4. The summed E-state index contributed by atoms with van der Waals surface area (Å²) in [5.41, 5.74) is 2.84. The molecule has 0 bridgehead atoms. The van der Waals surface area contributed by atoms with Gasteiger partial charge >= 0.3 is 0 Å². The van der Waals surface area contributed by atoms with Gasteiger partial charge in [0.2, 0.25) is 5.91 Å². The Morgan fingerprint density at radius 3 is 2.58 bits per heavy atom. The monoisotopic (exact) mass is 441 g/mol. The molecule has 0 radical (unpaired) electrons. The quantitative estimate of drug-likeness (QED) is 0.509. The van der Waals surface area contributed by atoms with Crippen LogP contribution in [0.2, 0.25) is 5.02 Å². The second-order valence-corrected chi connectivity index (χ2v) is 8.82. The summed E-state index contributed by atoms with van der Waals surface area (Å²) >= 11 is 6.01. The van der Waals surface area contributed by atoms with Crippen LogP contribution in [0, 0.1) is 6.92 Å². The van der Waals surface area contributed by atoms with E-state index in [1.54, 1.807) is 0 Å². The SMILES string of the molecule is CCOCCO[C@@H]1CCC2(C1)NC(=O)C(c1cc(-c3ccc(Cl)cc3)ccc1C)C2=O. The van der Waals surface area contributed by atoms with Crippen LogP contribution < -0.4 is 5.32 Å². The lowest BCUT2D eigenvalue weighted by atomic mass is 9.83. The van der Waals surface area contributed by atoms with Gasteiger partial charge in [0, 0.05) is 18.1 Å². The van der Waals surface area contributed by atoms with Crippen LogP contribution in [0.4, 0.5) is 0 Å². The van der Waals surface area contributed by atoms with E-state index in [9.17, 15) is 9.59 Å². The van der Waals surface area contributed by atoms with Crippen molar-refractivity contribution in [2.75, 3.05) is 19.8 Å². The topological polar surface area (TPSA) is 64.6 Å². The van der Waals surface area contributed by atoms with Gasteiger partial charge in [-0.25, -0.2) is 0 Å². The van der Waals surface area contributed by atoms with E-state index in [0.717, 1.165) is 28.7 Å². The van der Waals surface area contributed by atoms with E-state index >= 15 is 0 Å². The Labute approximate surface area is 188 Å². The Hall–Kier alpha value is -2.21. The number of carbonyl (C=O) groups excluding carboxylic acids is 2. The van der Waals surface area contributed by atoms with Gasteiger partial charge in [0.25, 0.3) is 0 Å². The third-order valence-corrected chi connectivity index (χ3v) is 6.63. The molecule has 2 aromatic carbocycles. The Balaban J connectivity index is 1.54. The van der Waals surface area contributed by atoms with Gasteiger partial charge in [0.1, 0.15) is 11.5 Å². The van der Waals surface area contributed by atoms with Gasteiger partial charge in [0.15, 0.2) is 5.78 Å². The highest BCUT2D eigenvalue weighted by atomic mass is 35.5. The lowest BCUT2D eigenvalue weighted by Gasteiger charge is -2.22. The maximum Gasteiger partial charge on any atom is 0.235 e. The van der Waals surface area contributed by atoms with Gasteiger partial charge in [-0.2, -0.15) is 0 Å². The van der Waals surface area contributed by atoms with Gasteiger partial charge in [-0.15, -0.1) is 0 Å². The number of ketones is 1. The maximum absolute atomic E-state index is 13.5. The van der Waals surface area contributed by atoms with E-state index in [1.165, 1.54) is 0 Å². The molecule has 1 spiro atoms. The molecule has 4 rings (SSSR count). The number of rotatable bonds is 7. The summed E-state index contributed by atoms with van der Waals surface area (Å²) in [7, 11) is 0. The van der Waals surface area contributed by atoms with Gasteiger partial charge in [-0.3, -0.25) is 9.59 Å². The van der Waals surface area contributed by atoms with Crippen molar-refractivity contribution in [3.63, 3.8) is 0 Å². The number of benzene rings is 2. The number of halogens is 1. The van der Waals surface area contributed by atoms with Crippen molar-refractivity contribution < 1.29 is 19.1 Å². The fourth-order valence-corrected chi connectivity index (χ4v) is 4.84. The lowest BCUT2D eigenvalue weighted by Crippen LogP contribution is -2.44. The Morgan fingerprint density at radius 1 is 1.10 bits per heavy atom. The largest absolute Gasteiger partial charge is 0.379 e. The maximum atomic E-state index is 13.5. The first-order chi connectivity index (χ1) is 14.9. The van der Waals surface area contributed by atoms with E-state index in [0.29, 0.717) is 37.7 Å². The van der Waals surface area contributed by atoms with Gasteiger partial charge in [0.05, 0.1) is 19.3 Å². The highest BCUT2D eigenvalue weighted by molar-refractivity contribution is 6.30. The van der Waals surface area contributed by atoms with Gasteiger partial charge < -0.3 is 14.8 Å². The van der Waals surface area contributed by atoms with Crippen LogP contribution in [-0.4, -0.2) is 43.2 Å². The lowest BCUT2D eigenvalue weighted by molar-refractivity contribution is -0.125. The molecule has 2 unspecified atom stereocenters. The zero-order chi connectivity index (χ0) is 22.0. The van der Waals surface area contributed by atoms with Crippen molar-refractivity contribution in [3.05, 3.63) is 58.6 Å². The van der Waals surface area contributed by atoms with E-state index in [4.69, 9.17) is 21.1 Å². The summed E-state index contributed by atoms with van der Waals surface area (Å²) in [4.78, 5) is 26.5. The molecule has 1 saturated heterocycles. The molecule has 0 aromatic heterocycles. The van der Waals surface area contributed by atoms with E-state index in [1.807, 2.05) is 56.3 Å². The normalized spacial score (nSPS) is 25.4.